The number of hydrogen-bond donors (Lipinski definition) is 1. The van der Waals surface area contributed by atoms with E-state index in [0.717, 1.165) is 6.26 Å². The van der Waals surface area contributed by atoms with E-state index in [1.807, 2.05) is 0 Å². The Kier molecular flexibility index (Phi) is 2.54. The predicted octanol–water partition coefficient (Wildman–Crippen LogP) is 0.724. The Morgan fingerprint density at radius 1 is 1.35 bits per heavy atom. The Bertz CT molecular complexity index is 456. The molecule has 98 valence electrons. The van der Waals surface area contributed by atoms with Crippen LogP contribution in [0.25, 0.3) is 0 Å². The zero-order valence-corrected chi connectivity index (χ0v) is 10.5. The van der Waals surface area contributed by atoms with Gasteiger partial charge in [-0.1, -0.05) is 0 Å². The molecule has 0 saturated heterocycles. The minimum Gasteiger partial charge on any atom is -0.353 e. The van der Waals surface area contributed by atoms with Gasteiger partial charge in [-0.2, -0.15) is 0 Å². The molecule has 2 aliphatic carbocycles. The fourth-order valence-corrected chi connectivity index (χ4v) is 3.19. The standard InChI is InChI=1S/C10H15F2NO3S/c1-9(5-10(9,11)12)8(14)13-6-3-7(4-6)17(2,15)16/h6-7H,3-5H2,1-2H3,(H,13,14)/t6-,7-,9?. The quantitative estimate of drug-likeness (QED) is 0.819. The second kappa shape index (κ2) is 3.40. The van der Waals surface area contributed by atoms with Gasteiger partial charge in [0, 0.05) is 18.7 Å². The molecule has 0 aliphatic heterocycles. The molecule has 0 radical (unpaired) electrons. The molecule has 0 aromatic carbocycles. The smallest absolute Gasteiger partial charge is 0.263 e. The van der Waals surface area contributed by atoms with Gasteiger partial charge in [0.05, 0.1) is 5.25 Å². The normalized spacial score (nSPS) is 39.3. The number of carbonyl (C=O) groups is 1. The number of amides is 1. The SMILES string of the molecule is CC1(C(=O)N[C@H]2C[C@H](S(C)(=O)=O)C2)CC1(F)F. The molecule has 0 aromatic rings. The van der Waals surface area contributed by atoms with E-state index in [1.165, 1.54) is 6.92 Å². The zero-order valence-electron chi connectivity index (χ0n) is 9.66. The van der Waals surface area contributed by atoms with Crippen LogP contribution < -0.4 is 5.32 Å². The summed E-state index contributed by atoms with van der Waals surface area (Å²) in [7, 11) is -3.08. The highest BCUT2D eigenvalue weighted by Gasteiger charge is 2.72. The van der Waals surface area contributed by atoms with E-state index >= 15 is 0 Å². The molecule has 0 aromatic heterocycles. The molecule has 0 bridgehead atoms. The van der Waals surface area contributed by atoms with Gasteiger partial charge in [-0.05, 0) is 19.8 Å². The lowest BCUT2D eigenvalue weighted by Crippen LogP contribution is -2.51. The van der Waals surface area contributed by atoms with Crippen LogP contribution in [-0.2, 0) is 14.6 Å². The maximum Gasteiger partial charge on any atom is 0.263 e. The summed E-state index contributed by atoms with van der Waals surface area (Å²) in [5.41, 5.74) is -1.59. The van der Waals surface area contributed by atoms with Crippen molar-refractivity contribution in [3.8, 4) is 0 Å². The molecule has 1 unspecified atom stereocenters. The topological polar surface area (TPSA) is 63.2 Å². The van der Waals surface area contributed by atoms with Crippen molar-refractivity contribution in [2.45, 2.75) is 43.4 Å². The van der Waals surface area contributed by atoms with Gasteiger partial charge in [0.25, 0.3) is 5.92 Å². The molecular weight excluding hydrogens is 252 g/mol. The molecule has 7 heteroatoms. The van der Waals surface area contributed by atoms with E-state index in [4.69, 9.17) is 0 Å². The Balaban J connectivity index is 1.84. The Morgan fingerprint density at radius 3 is 2.18 bits per heavy atom. The third-order valence-corrected chi connectivity index (χ3v) is 5.39. The Labute approximate surface area is 98.7 Å². The summed E-state index contributed by atoms with van der Waals surface area (Å²) in [4.78, 5) is 11.6. The minimum atomic E-state index is -3.08. The number of halogens is 2. The second-order valence-electron chi connectivity index (χ2n) is 5.31. The van der Waals surface area contributed by atoms with Gasteiger partial charge in [0.1, 0.15) is 15.3 Å². The van der Waals surface area contributed by atoms with Gasteiger partial charge >= 0.3 is 0 Å². The van der Waals surface area contributed by atoms with E-state index in [1.54, 1.807) is 0 Å². The molecular formula is C10H15F2NO3S. The first-order valence-electron chi connectivity index (χ1n) is 5.44. The van der Waals surface area contributed by atoms with Crippen LogP contribution in [0.15, 0.2) is 0 Å². The van der Waals surface area contributed by atoms with Crippen molar-refractivity contribution in [3.05, 3.63) is 0 Å². The van der Waals surface area contributed by atoms with Crippen LogP contribution in [0.1, 0.15) is 26.2 Å². The van der Waals surface area contributed by atoms with E-state index in [2.05, 4.69) is 5.32 Å². The predicted molar refractivity (Wildman–Crippen MR) is 57.5 cm³/mol. The average Bonchev–Trinajstić information content (AvgIpc) is 2.56. The first-order chi connectivity index (χ1) is 7.56. The molecule has 17 heavy (non-hydrogen) atoms. The van der Waals surface area contributed by atoms with E-state index in [0.29, 0.717) is 12.8 Å². The van der Waals surface area contributed by atoms with Crippen LogP contribution in [0.4, 0.5) is 8.78 Å². The summed E-state index contributed by atoms with van der Waals surface area (Å²) in [6.07, 6.45) is 1.37. The molecule has 1 atom stereocenters. The number of alkyl halides is 2. The Morgan fingerprint density at radius 2 is 1.82 bits per heavy atom. The molecule has 1 N–H and O–H groups in total. The highest BCUT2D eigenvalue weighted by molar-refractivity contribution is 7.91. The maximum atomic E-state index is 12.9. The van der Waals surface area contributed by atoms with Crippen molar-refractivity contribution in [1.82, 2.24) is 5.32 Å². The number of sulfone groups is 1. The summed E-state index contributed by atoms with van der Waals surface area (Å²) >= 11 is 0. The molecule has 2 aliphatic rings. The van der Waals surface area contributed by atoms with Gasteiger partial charge < -0.3 is 5.32 Å². The van der Waals surface area contributed by atoms with Gasteiger partial charge in [-0.25, -0.2) is 17.2 Å². The molecule has 2 saturated carbocycles. The highest BCUT2D eigenvalue weighted by Crippen LogP contribution is 2.60. The van der Waals surface area contributed by atoms with Crippen LogP contribution in [0, 0.1) is 5.41 Å². The van der Waals surface area contributed by atoms with Crippen molar-refractivity contribution >= 4 is 15.7 Å². The monoisotopic (exact) mass is 267 g/mol. The van der Waals surface area contributed by atoms with Crippen molar-refractivity contribution in [1.29, 1.82) is 0 Å². The lowest BCUT2D eigenvalue weighted by molar-refractivity contribution is -0.130. The fraction of sp³-hybridized carbons (Fsp3) is 0.900. The fourth-order valence-electron chi connectivity index (χ4n) is 2.02. The van der Waals surface area contributed by atoms with Gasteiger partial charge in [0.2, 0.25) is 5.91 Å². The van der Waals surface area contributed by atoms with Crippen LogP contribution in [0.3, 0.4) is 0 Å². The number of carbonyl (C=O) groups excluding carboxylic acids is 1. The summed E-state index contributed by atoms with van der Waals surface area (Å²) in [6.45, 7) is 1.23. The van der Waals surface area contributed by atoms with E-state index < -0.39 is 38.8 Å². The largest absolute Gasteiger partial charge is 0.353 e. The minimum absolute atomic E-state index is 0.282. The summed E-state index contributed by atoms with van der Waals surface area (Å²) in [6, 6.07) is -0.282. The van der Waals surface area contributed by atoms with Crippen LogP contribution >= 0.6 is 0 Å². The maximum absolute atomic E-state index is 12.9. The second-order valence-corrected chi connectivity index (χ2v) is 7.63. The summed E-state index contributed by atoms with van der Waals surface area (Å²) in [5, 5.41) is 2.05. The van der Waals surface area contributed by atoms with Gasteiger partial charge in [-0.3, -0.25) is 4.79 Å². The van der Waals surface area contributed by atoms with Crippen LogP contribution in [-0.4, -0.2) is 37.8 Å². The third-order valence-electron chi connectivity index (χ3n) is 3.79. The van der Waals surface area contributed by atoms with Gasteiger partial charge in [-0.15, -0.1) is 0 Å². The van der Waals surface area contributed by atoms with Crippen molar-refractivity contribution in [2.75, 3.05) is 6.26 Å². The van der Waals surface area contributed by atoms with E-state index in [9.17, 15) is 22.0 Å². The highest BCUT2D eigenvalue weighted by atomic mass is 32.2. The molecule has 4 nitrogen and oxygen atoms in total. The average molecular weight is 267 g/mol. The summed E-state index contributed by atoms with van der Waals surface area (Å²) in [5.74, 6) is -3.59. The third kappa shape index (κ3) is 2.05. The number of rotatable bonds is 3. The molecule has 0 heterocycles. The van der Waals surface area contributed by atoms with Crippen molar-refractivity contribution < 1.29 is 22.0 Å². The molecule has 0 spiro atoms. The number of hydrogen-bond acceptors (Lipinski definition) is 3. The van der Waals surface area contributed by atoms with Gasteiger partial charge in [0.15, 0.2) is 0 Å². The Hall–Kier alpha value is -0.720. The van der Waals surface area contributed by atoms with Crippen molar-refractivity contribution in [3.63, 3.8) is 0 Å². The van der Waals surface area contributed by atoms with Crippen molar-refractivity contribution in [2.24, 2.45) is 5.41 Å². The lowest BCUT2D eigenvalue weighted by atomic mass is 9.91. The lowest BCUT2D eigenvalue weighted by Gasteiger charge is -2.35. The first-order valence-corrected chi connectivity index (χ1v) is 7.39. The molecule has 2 rings (SSSR count). The molecule has 1 amide bonds. The zero-order chi connectivity index (χ0) is 13.1. The summed E-state index contributed by atoms with van der Waals surface area (Å²) < 4.78 is 48.1. The first kappa shape index (κ1) is 12.7. The van der Waals surface area contributed by atoms with Crippen LogP contribution in [0.5, 0.6) is 0 Å². The van der Waals surface area contributed by atoms with E-state index in [-0.39, 0.29) is 6.04 Å². The van der Waals surface area contributed by atoms with Crippen LogP contribution in [0.2, 0.25) is 0 Å². The molecule has 2 fully saturated rings. The number of nitrogens with one attached hydrogen (secondary N) is 1.